The molecule has 5 nitrogen and oxygen atoms in total. The van der Waals surface area contributed by atoms with Crippen LogP contribution in [0.4, 0.5) is 5.82 Å². The van der Waals surface area contributed by atoms with Gasteiger partial charge in [-0.1, -0.05) is 31.0 Å². The van der Waals surface area contributed by atoms with E-state index in [0.717, 1.165) is 24.0 Å². The number of pyridine rings is 1. The van der Waals surface area contributed by atoms with E-state index in [4.69, 9.17) is 11.6 Å². The molecule has 1 amide bonds. The first-order chi connectivity index (χ1) is 10.5. The van der Waals surface area contributed by atoms with E-state index >= 15 is 0 Å². The standard InChI is InChI=1S/C15H16BrClN4O/c1-3-4-11(10-5-9(2)14(17)20-6-10)15(22)21-13-8-18-12(16)7-19-13/h5-8,11H,3-4H2,1-2H3,(H,19,21,22). The van der Waals surface area contributed by atoms with E-state index in [1.807, 2.05) is 19.9 Å². The average molecular weight is 384 g/mol. The molecule has 0 aliphatic carbocycles. The van der Waals surface area contributed by atoms with E-state index < -0.39 is 0 Å². The van der Waals surface area contributed by atoms with Crippen molar-refractivity contribution in [2.24, 2.45) is 0 Å². The highest BCUT2D eigenvalue weighted by Crippen LogP contribution is 2.25. The van der Waals surface area contributed by atoms with Crippen LogP contribution in [0.15, 0.2) is 29.3 Å². The molecule has 116 valence electrons. The Labute approximate surface area is 142 Å². The lowest BCUT2D eigenvalue weighted by Gasteiger charge is -2.16. The van der Waals surface area contributed by atoms with Crippen molar-refractivity contribution in [2.45, 2.75) is 32.6 Å². The maximum absolute atomic E-state index is 12.5. The second-order valence-corrected chi connectivity index (χ2v) is 6.10. The number of nitrogens with zero attached hydrogens (tertiary/aromatic N) is 3. The summed E-state index contributed by atoms with van der Waals surface area (Å²) in [7, 11) is 0. The number of aromatic nitrogens is 3. The Bertz CT molecular complexity index is 663. The van der Waals surface area contributed by atoms with Gasteiger partial charge in [0.1, 0.15) is 9.76 Å². The Morgan fingerprint density at radius 3 is 2.68 bits per heavy atom. The topological polar surface area (TPSA) is 67.8 Å². The van der Waals surface area contributed by atoms with Crippen LogP contribution in [0.5, 0.6) is 0 Å². The van der Waals surface area contributed by atoms with Crippen LogP contribution in [0.3, 0.4) is 0 Å². The van der Waals surface area contributed by atoms with E-state index in [1.54, 1.807) is 12.4 Å². The van der Waals surface area contributed by atoms with Gasteiger partial charge in [0, 0.05) is 6.20 Å². The number of aryl methyl sites for hydroxylation is 1. The van der Waals surface area contributed by atoms with Crippen molar-refractivity contribution in [2.75, 3.05) is 5.32 Å². The number of nitrogens with one attached hydrogen (secondary N) is 1. The normalized spacial score (nSPS) is 12.0. The van der Waals surface area contributed by atoms with E-state index in [9.17, 15) is 4.79 Å². The number of anilines is 1. The van der Waals surface area contributed by atoms with Crippen LogP contribution in [0.1, 0.15) is 36.8 Å². The molecule has 0 aliphatic heterocycles. The second kappa shape index (κ2) is 7.65. The molecule has 0 radical (unpaired) electrons. The van der Waals surface area contributed by atoms with Gasteiger partial charge in [-0.05, 0) is 40.4 Å². The van der Waals surface area contributed by atoms with Crippen LogP contribution in [0, 0.1) is 6.92 Å². The van der Waals surface area contributed by atoms with Gasteiger partial charge in [-0.3, -0.25) is 4.79 Å². The van der Waals surface area contributed by atoms with Gasteiger partial charge in [0.25, 0.3) is 0 Å². The fraction of sp³-hybridized carbons (Fsp3) is 0.333. The van der Waals surface area contributed by atoms with Gasteiger partial charge in [0.15, 0.2) is 5.82 Å². The first-order valence-corrected chi connectivity index (χ1v) is 8.08. The van der Waals surface area contributed by atoms with Gasteiger partial charge in [-0.15, -0.1) is 0 Å². The second-order valence-electron chi connectivity index (χ2n) is 4.93. The molecule has 0 saturated carbocycles. The Morgan fingerprint density at radius 2 is 2.09 bits per heavy atom. The summed E-state index contributed by atoms with van der Waals surface area (Å²) >= 11 is 9.16. The average Bonchev–Trinajstić information content (AvgIpc) is 2.50. The van der Waals surface area contributed by atoms with Crippen LogP contribution in [0.2, 0.25) is 5.15 Å². The van der Waals surface area contributed by atoms with Crippen molar-refractivity contribution in [1.82, 2.24) is 15.0 Å². The lowest BCUT2D eigenvalue weighted by molar-refractivity contribution is -0.117. The van der Waals surface area contributed by atoms with E-state index in [1.165, 1.54) is 6.20 Å². The summed E-state index contributed by atoms with van der Waals surface area (Å²) in [6, 6.07) is 1.91. The zero-order chi connectivity index (χ0) is 16.1. The van der Waals surface area contributed by atoms with Crippen molar-refractivity contribution in [3.8, 4) is 0 Å². The SMILES string of the molecule is CCCC(C(=O)Nc1cnc(Br)cn1)c1cnc(Cl)c(C)c1. The largest absolute Gasteiger partial charge is 0.309 e. The summed E-state index contributed by atoms with van der Waals surface area (Å²) in [6.45, 7) is 3.91. The predicted octanol–water partition coefficient (Wildman–Crippen LogP) is 4.12. The third kappa shape index (κ3) is 4.24. The van der Waals surface area contributed by atoms with E-state index in [-0.39, 0.29) is 11.8 Å². The van der Waals surface area contributed by atoms with Crippen LogP contribution >= 0.6 is 27.5 Å². The van der Waals surface area contributed by atoms with Crippen molar-refractivity contribution in [3.63, 3.8) is 0 Å². The van der Waals surface area contributed by atoms with Crippen LogP contribution < -0.4 is 5.32 Å². The Balaban J connectivity index is 2.20. The molecule has 22 heavy (non-hydrogen) atoms. The minimum Gasteiger partial charge on any atom is -0.309 e. The van der Waals surface area contributed by atoms with Crippen LogP contribution in [0.25, 0.3) is 0 Å². The summed E-state index contributed by atoms with van der Waals surface area (Å²) in [5.74, 6) is 0.00820. The molecule has 1 atom stereocenters. The monoisotopic (exact) mass is 382 g/mol. The minimum atomic E-state index is -0.293. The molecule has 2 rings (SSSR count). The number of carbonyl (C=O) groups is 1. The first-order valence-electron chi connectivity index (χ1n) is 6.91. The molecule has 2 aromatic rings. The fourth-order valence-corrected chi connectivity index (χ4v) is 2.41. The summed E-state index contributed by atoms with van der Waals surface area (Å²) in [6.07, 6.45) is 6.31. The van der Waals surface area contributed by atoms with Crippen molar-refractivity contribution >= 4 is 39.3 Å². The molecule has 0 saturated heterocycles. The molecular weight excluding hydrogens is 368 g/mol. The van der Waals surface area contributed by atoms with Crippen molar-refractivity contribution in [1.29, 1.82) is 0 Å². The smallest absolute Gasteiger partial charge is 0.233 e. The summed E-state index contributed by atoms with van der Waals surface area (Å²) < 4.78 is 0.619. The van der Waals surface area contributed by atoms with E-state index in [0.29, 0.717) is 15.6 Å². The van der Waals surface area contributed by atoms with Gasteiger partial charge in [-0.2, -0.15) is 0 Å². The Hall–Kier alpha value is -1.53. The van der Waals surface area contributed by atoms with Gasteiger partial charge in [0.05, 0.1) is 18.3 Å². The molecule has 7 heteroatoms. The Kier molecular flexibility index (Phi) is 5.85. The van der Waals surface area contributed by atoms with E-state index in [2.05, 4.69) is 36.2 Å². The molecule has 2 aromatic heterocycles. The minimum absolute atomic E-state index is 0.123. The molecule has 1 unspecified atom stereocenters. The van der Waals surface area contributed by atoms with Gasteiger partial charge in [-0.25, -0.2) is 15.0 Å². The van der Waals surface area contributed by atoms with Gasteiger partial charge < -0.3 is 5.32 Å². The quantitative estimate of drug-likeness (QED) is 0.789. The molecule has 0 aliphatic rings. The highest BCUT2D eigenvalue weighted by molar-refractivity contribution is 9.10. The number of hydrogen-bond donors (Lipinski definition) is 1. The fourth-order valence-electron chi connectivity index (χ4n) is 2.10. The number of amides is 1. The third-order valence-electron chi connectivity index (χ3n) is 3.20. The third-order valence-corrected chi connectivity index (χ3v) is 4.01. The summed E-state index contributed by atoms with van der Waals surface area (Å²) in [4.78, 5) is 24.8. The zero-order valence-corrected chi connectivity index (χ0v) is 14.6. The number of hydrogen-bond acceptors (Lipinski definition) is 4. The van der Waals surface area contributed by atoms with Crippen molar-refractivity contribution < 1.29 is 4.79 Å². The lowest BCUT2D eigenvalue weighted by atomic mass is 9.94. The molecule has 0 bridgehead atoms. The van der Waals surface area contributed by atoms with Crippen molar-refractivity contribution in [3.05, 3.63) is 45.5 Å². The van der Waals surface area contributed by atoms with Crippen LogP contribution in [-0.4, -0.2) is 20.9 Å². The predicted molar refractivity (Wildman–Crippen MR) is 90.0 cm³/mol. The van der Waals surface area contributed by atoms with Gasteiger partial charge in [0.2, 0.25) is 5.91 Å². The summed E-state index contributed by atoms with van der Waals surface area (Å²) in [5, 5.41) is 3.25. The molecule has 0 spiro atoms. The lowest BCUT2D eigenvalue weighted by Crippen LogP contribution is -2.22. The number of carbonyl (C=O) groups excluding carboxylic acids is 1. The summed E-state index contributed by atoms with van der Waals surface area (Å²) in [5.41, 5.74) is 1.71. The highest BCUT2D eigenvalue weighted by atomic mass is 79.9. The number of rotatable bonds is 5. The maximum Gasteiger partial charge on any atom is 0.233 e. The molecule has 2 heterocycles. The maximum atomic E-state index is 12.5. The van der Waals surface area contributed by atoms with Crippen LogP contribution in [-0.2, 0) is 4.79 Å². The molecule has 0 fully saturated rings. The molecule has 1 N–H and O–H groups in total. The first kappa shape index (κ1) is 16.8. The molecule has 0 aromatic carbocycles. The highest BCUT2D eigenvalue weighted by Gasteiger charge is 2.21. The zero-order valence-electron chi connectivity index (χ0n) is 12.3. The molecular formula is C15H16BrClN4O. The Morgan fingerprint density at radius 1 is 1.32 bits per heavy atom. The van der Waals surface area contributed by atoms with Gasteiger partial charge >= 0.3 is 0 Å². The number of halogens is 2.